The topological polar surface area (TPSA) is 60.2 Å². The van der Waals surface area contributed by atoms with Crippen LogP contribution in [0.15, 0.2) is 22.7 Å². The van der Waals surface area contributed by atoms with E-state index >= 15 is 0 Å². The summed E-state index contributed by atoms with van der Waals surface area (Å²) in [6.45, 7) is 7.14. The van der Waals surface area contributed by atoms with Crippen LogP contribution in [0.5, 0.6) is 5.75 Å². The third-order valence-corrected chi connectivity index (χ3v) is 3.00. The molecule has 2 aromatic rings. The van der Waals surface area contributed by atoms with E-state index in [4.69, 9.17) is 9.26 Å². The Hall–Kier alpha value is -1.88. The first kappa shape index (κ1) is 14.5. The highest BCUT2D eigenvalue weighted by atomic mass is 16.5. The summed E-state index contributed by atoms with van der Waals surface area (Å²) in [6, 6.07) is 6.10. The van der Waals surface area contributed by atoms with Gasteiger partial charge in [0.25, 0.3) is 5.89 Å². The third kappa shape index (κ3) is 3.36. The molecule has 0 fully saturated rings. The molecular weight excluding hydrogens is 254 g/mol. The van der Waals surface area contributed by atoms with Crippen LogP contribution in [0.4, 0.5) is 0 Å². The number of ether oxygens (including phenoxy) is 1. The SMILES string of the molecule is CNCc1cccc(C)c1OCc1nc(C(C)C)no1. The minimum atomic E-state index is 0.255. The highest BCUT2D eigenvalue weighted by Gasteiger charge is 2.12. The van der Waals surface area contributed by atoms with Crippen molar-refractivity contribution < 1.29 is 9.26 Å². The van der Waals surface area contributed by atoms with Gasteiger partial charge in [0.2, 0.25) is 0 Å². The molecule has 0 radical (unpaired) electrons. The predicted molar refractivity (Wildman–Crippen MR) is 76.7 cm³/mol. The van der Waals surface area contributed by atoms with E-state index in [0.717, 1.165) is 23.4 Å². The summed E-state index contributed by atoms with van der Waals surface area (Å²) in [5.74, 6) is 2.35. The fourth-order valence-corrected chi connectivity index (χ4v) is 1.94. The molecule has 5 nitrogen and oxygen atoms in total. The molecule has 2 rings (SSSR count). The van der Waals surface area contributed by atoms with Crippen molar-refractivity contribution in [1.82, 2.24) is 15.5 Å². The Kier molecular flexibility index (Phi) is 4.74. The molecule has 1 heterocycles. The minimum absolute atomic E-state index is 0.255. The van der Waals surface area contributed by atoms with Gasteiger partial charge in [-0.15, -0.1) is 0 Å². The van der Waals surface area contributed by atoms with Crippen LogP contribution in [0.2, 0.25) is 0 Å². The molecule has 1 N–H and O–H groups in total. The minimum Gasteiger partial charge on any atom is -0.483 e. The second-order valence-electron chi connectivity index (χ2n) is 5.08. The van der Waals surface area contributed by atoms with Crippen LogP contribution in [0, 0.1) is 6.92 Å². The number of aromatic nitrogens is 2. The molecule has 108 valence electrons. The van der Waals surface area contributed by atoms with Gasteiger partial charge < -0.3 is 14.6 Å². The molecule has 0 aliphatic rings. The normalized spacial score (nSPS) is 11.1. The van der Waals surface area contributed by atoms with Gasteiger partial charge in [0, 0.05) is 18.0 Å². The first-order valence-corrected chi connectivity index (χ1v) is 6.80. The first-order chi connectivity index (χ1) is 9.61. The Labute approximate surface area is 119 Å². The maximum absolute atomic E-state index is 5.86. The van der Waals surface area contributed by atoms with Crippen LogP contribution >= 0.6 is 0 Å². The molecule has 0 aliphatic heterocycles. The van der Waals surface area contributed by atoms with E-state index in [9.17, 15) is 0 Å². The van der Waals surface area contributed by atoms with E-state index < -0.39 is 0 Å². The summed E-state index contributed by atoms with van der Waals surface area (Å²) in [5.41, 5.74) is 2.22. The molecular formula is C15H21N3O2. The Morgan fingerprint density at radius 2 is 2.15 bits per heavy atom. The van der Waals surface area contributed by atoms with Gasteiger partial charge in [0.15, 0.2) is 12.4 Å². The third-order valence-electron chi connectivity index (χ3n) is 3.00. The van der Waals surface area contributed by atoms with Gasteiger partial charge in [-0.05, 0) is 19.5 Å². The Bertz CT molecular complexity index is 564. The van der Waals surface area contributed by atoms with E-state index in [2.05, 4.69) is 15.5 Å². The van der Waals surface area contributed by atoms with Crippen molar-refractivity contribution in [2.24, 2.45) is 0 Å². The maximum atomic E-state index is 5.86. The lowest BCUT2D eigenvalue weighted by Crippen LogP contribution is -2.08. The number of benzene rings is 1. The van der Waals surface area contributed by atoms with Crippen LogP contribution in [-0.2, 0) is 13.2 Å². The quantitative estimate of drug-likeness (QED) is 0.878. The fraction of sp³-hybridized carbons (Fsp3) is 0.467. The number of rotatable bonds is 6. The summed E-state index contributed by atoms with van der Waals surface area (Å²) in [5, 5.41) is 7.07. The molecule has 1 aromatic heterocycles. The number of hydrogen-bond acceptors (Lipinski definition) is 5. The molecule has 0 spiro atoms. The highest BCUT2D eigenvalue weighted by molar-refractivity contribution is 5.40. The van der Waals surface area contributed by atoms with E-state index in [1.165, 1.54) is 0 Å². The molecule has 0 amide bonds. The van der Waals surface area contributed by atoms with Crippen molar-refractivity contribution in [2.45, 2.75) is 39.8 Å². The predicted octanol–water partition coefficient (Wildman–Crippen LogP) is 2.80. The van der Waals surface area contributed by atoms with E-state index in [0.29, 0.717) is 18.3 Å². The zero-order chi connectivity index (χ0) is 14.5. The number of nitrogens with zero attached hydrogens (tertiary/aromatic N) is 2. The smallest absolute Gasteiger partial charge is 0.264 e. The first-order valence-electron chi connectivity index (χ1n) is 6.80. The van der Waals surface area contributed by atoms with Crippen molar-refractivity contribution >= 4 is 0 Å². The van der Waals surface area contributed by atoms with Crippen LogP contribution < -0.4 is 10.1 Å². The standard InChI is InChI=1S/C15H21N3O2/c1-10(2)15-17-13(20-18-15)9-19-14-11(3)6-5-7-12(14)8-16-4/h5-7,10,16H,8-9H2,1-4H3. The van der Waals surface area contributed by atoms with Crippen molar-refractivity contribution in [1.29, 1.82) is 0 Å². The van der Waals surface area contributed by atoms with Crippen LogP contribution in [-0.4, -0.2) is 17.2 Å². The molecule has 20 heavy (non-hydrogen) atoms. The van der Waals surface area contributed by atoms with Crippen LogP contribution in [0.3, 0.4) is 0 Å². The highest BCUT2D eigenvalue weighted by Crippen LogP contribution is 2.24. The lowest BCUT2D eigenvalue weighted by molar-refractivity contribution is 0.239. The summed E-state index contributed by atoms with van der Waals surface area (Å²) < 4.78 is 11.0. The lowest BCUT2D eigenvalue weighted by atomic mass is 10.1. The van der Waals surface area contributed by atoms with E-state index in [1.807, 2.05) is 46.0 Å². The molecule has 1 aromatic carbocycles. The molecule has 0 unspecified atom stereocenters. The summed E-state index contributed by atoms with van der Waals surface area (Å²) in [4.78, 5) is 4.31. The van der Waals surface area contributed by atoms with Gasteiger partial charge in [-0.1, -0.05) is 37.2 Å². The van der Waals surface area contributed by atoms with Crippen molar-refractivity contribution in [3.63, 3.8) is 0 Å². The second kappa shape index (κ2) is 6.52. The van der Waals surface area contributed by atoms with Gasteiger partial charge >= 0.3 is 0 Å². The fourth-order valence-electron chi connectivity index (χ4n) is 1.94. The zero-order valence-electron chi connectivity index (χ0n) is 12.4. The average molecular weight is 275 g/mol. The van der Waals surface area contributed by atoms with Crippen LogP contribution in [0.1, 0.15) is 42.6 Å². The molecule has 0 saturated carbocycles. The monoisotopic (exact) mass is 275 g/mol. The summed E-state index contributed by atoms with van der Waals surface area (Å²) >= 11 is 0. The summed E-state index contributed by atoms with van der Waals surface area (Å²) in [6.07, 6.45) is 0. The van der Waals surface area contributed by atoms with Gasteiger partial charge in [-0.25, -0.2) is 0 Å². The summed E-state index contributed by atoms with van der Waals surface area (Å²) in [7, 11) is 1.92. The van der Waals surface area contributed by atoms with Gasteiger partial charge in [-0.3, -0.25) is 0 Å². The Morgan fingerprint density at radius 3 is 2.80 bits per heavy atom. The van der Waals surface area contributed by atoms with Gasteiger partial charge in [0.1, 0.15) is 5.75 Å². The van der Waals surface area contributed by atoms with Crippen molar-refractivity contribution in [3.8, 4) is 5.75 Å². The number of para-hydroxylation sites is 1. The lowest BCUT2D eigenvalue weighted by Gasteiger charge is -2.12. The molecule has 0 aliphatic carbocycles. The van der Waals surface area contributed by atoms with Crippen molar-refractivity contribution in [2.75, 3.05) is 7.05 Å². The van der Waals surface area contributed by atoms with Crippen molar-refractivity contribution in [3.05, 3.63) is 41.0 Å². The molecule has 0 atom stereocenters. The zero-order valence-corrected chi connectivity index (χ0v) is 12.4. The maximum Gasteiger partial charge on any atom is 0.264 e. The second-order valence-corrected chi connectivity index (χ2v) is 5.08. The number of hydrogen-bond donors (Lipinski definition) is 1. The molecule has 0 bridgehead atoms. The Balaban J connectivity index is 2.09. The number of aryl methyl sites for hydroxylation is 1. The Morgan fingerprint density at radius 1 is 1.35 bits per heavy atom. The van der Waals surface area contributed by atoms with Gasteiger partial charge in [0.05, 0.1) is 0 Å². The average Bonchev–Trinajstić information content (AvgIpc) is 2.87. The van der Waals surface area contributed by atoms with E-state index in [-0.39, 0.29) is 5.92 Å². The molecule has 0 saturated heterocycles. The van der Waals surface area contributed by atoms with E-state index in [1.54, 1.807) is 0 Å². The van der Waals surface area contributed by atoms with Crippen LogP contribution in [0.25, 0.3) is 0 Å². The van der Waals surface area contributed by atoms with Gasteiger partial charge in [-0.2, -0.15) is 4.98 Å². The molecule has 5 heteroatoms. The largest absolute Gasteiger partial charge is 0.483 e. The number of nitrogens with one attached hydrogen (secondary N) is 1.